The van der Waals surface area contributed by atoms with E-state index < -0.39 is 23.4 Å². The number of imide groups is 1. The summed E-state index contributed by atoms with van der Waals surface area (Å²) < 4.78 is 10.7. The highest BCUT2D eigenvalue weighted by molar-refractivity contribution is 7.99. The number of urea groups is 1. The summed E-state index contributed by atoms with van der Waals surface area (Å²) >= 11 is 1.04. The molecule has 31 heavy (non-hydrogen) atoms. The molecular weight excluding hydrogens is 422 g/mol. The standard InChI is InChI=1S/C20H23N5O5S/c1-29-14-7-5-13(6-8-14)11-16-22-23-19(30-16)31-12-15(26)24-25-17(27)20(21-18(25)28)9-3-2-4-10-20/h5-8H,2-4,9-12H2,1H3,(H,21,28)(H,24,26). The van der Waals surface area contributed by atoms with Gasteiger partial charge in [-0.3, -0.25) is 15.0 Å². The minimum absolute atomic E-state index is 0.0752. The van der Waals surface area contributed by atoms with Gasteiger partial charge in [0, 0.05) is 0 Å². The number of amides is 4. The predicted molar refractivity (Wildman–Crippen MR) is 110 cm³/mol. The number of rotatable bonds is 7. The first-order chi connectivity index (χ1) is 15.0. The predicted octanol–water partition coefficient (Wildman–Crippen LogP) is 2.05. The summed E-state index contributed by atoms with van der Waals surface area (Å²) in [5.74, 6) is 0.206. The molecule has 1 aromatic heterocycles. The summed E-state index contributed by atoms with van der Waals surface area (Å²) in [6.45, 7) is 0. The molecule has 0 atom stereocenters. The van der Waals surface area contributed by atoms with Crippen LogP contribution in [-0.2, 0) is 16.0 Å². The fraction of sp³-hybridized carbons (Fsp3) is 0.450. The third kappa shape index (κ3) is 4.66. The second-order valence-corrected chi connectivity index (χ2v) is 8.45. The fourth-order valence-electron chi connectivity index (χ4n) is 3.79. The molecule has 1 aliphatic heterocycles. The second-order valence-electron chi connectivity index (χ2n) is 7.52. The van der Waals surface area contributed by atoms with E-state index in [0.717, 1.165) is 47.3 Å². The third-order valence-electron chi connectivity index (χ3n) is 5.39. The van der Waals surface area contributed by atoms with E-state index in [1.807, 2.05) is 24.3 Å². The minimum Gasteiger partial charge on any atom is -0.497 e. The van der Waals surface area contributed by atoms with E-state index in [2.05, 4.69) is 20.9 Å². The largest absolute Gasteiger partial charge is 0.497 e. The van der Waals surface area contributed by atoms with Gasteiger partial charge in [0.15, 0.2) is 0 Å². The number of nitrogens with zero attached hydrogens (tertiary/aromatic N) is 3. The molecule has 10 nitrogen and oxygen atoms in total. The Kier molecular flexibility index (Phi) is 6.12. The number of thioether (sulfide) groups is 1. The highest BCUT2D eigenvalue weighted by atomic mass is 32.2. The molecule has 1 saturated carbocycles. The number of hydrogen-bond donors (Lipinski definition) is 2. The van der Waals surface area contributed by atoms with Gasteiger partial charge < -0.3 is 14.5 Å². The lowest BCUT2D eigenvalue weighted by atomic mass is 9.82. The first-order valence-electron chi connectivity index (χ1n) is 10.0. The van der Waals surface area contributed by atoms with E-state index in [-0.39, 0.29) is 11.0 Å². The molecule has 2 aromatic rings. The zero-order valence-electron chi connectivity index (χ0n) is 17.1. The summed E-state index contributed by atoms with van der Waals surface area (Å²) in [6, 6.07) is 6.91. The fourth-order valence-corrected chi connectivity index (χ4v) is 4.36. The molecule has 1 aliphatic carbocycles. The van der Waals surface area contributed by atoms with Crippen molar-refractivity contribution in [1.29, 1.82) is 0 Å². The average Bonchev–Trinajstić information content (AvgIpc) is 3.31. The molecule has 11 heteroatoms. The molecular formula is C20H23N5O5S. The number of benzene rings is 1. The zero-order chi connectivity index (χ0) is 21.8. The molecule has 1 saturated heterocycles. The number of ether oxygens (including phenoxy) is 1. The smallest absolute Gasteiger partial charge is 0.344 e. The third-order valence-corrected chi connectivity index (χ3v) is 6.21. The van der Waals surface area contributed by atoms with Crippen LogP contribution in [0, 0.1) is 0 Å². The normalized spacial score (nSPS) is 17.6. The van der Waals surface area contributed by atoms with Crippen LogP contribution in [0.15, 0.2) is 33.9 Å². The van der Waals surface area contributed by atoms with Crippen molar-refractivity contribution in [2.45, 2.75) is 49.3 Å². The maximum atomic E-state index is 12.7. The molecule has 0 radical (unpaired) electrons. The van der Waals surface area contributed by atoms with Crippen LogP contribution in [0.1, 0.15) is 43.6 Å². The Hall–Kier alpha value is -3.08. The summed E-state index contributed by atoms with van der Waals surface area (Å²) in [5.41, 5.74) is 2.49. The highest BCUT2D eigenvalue weighted by Gasteiger charge is 2.52. The van der Waals surface area contributed by atoms with Crippen molar-refractivity contribution in [2.24, 2.45) is 0 Å². The molecule has 1 spiro atoms. The van der Waals surface area contributed by atoms with E-state index in [0.29, 0.717) is 25.2 Å². The van der Waals surface area contributed by atoms with Gasteiger partial charge in [-0.25, -0.2) is 4.79 Å². The van der Waals surface area contributed by atoms with Crippen LogP contribution >= 0.6 is 11.8 Å². The van der Waals surface area contributed by atoms with E-state index in [1.165, 1.54) is 0 Å². The number of carbonyl (C=O) groups excluding carboxylic acids is 3. The van der Waals surface area contributed by atoms with Crippen LogP contribution < -0.4 is 15.5 Å². The summed E-state index contributed by atoms with van der Waals surface area (Å²) in [7, 11) is 1.60. The van der Waals surface area contributed by atoms with Gasteiger partial charge in [-0.2, -0.15) is 5.01 Å². The zero-order valence-corrected chi connectivity index (χ0v) is 17.9. The van der Waals surface area contributed by atoms with Crippen LogP contribution in [0.5, 0.6) is 5.75 Å². The number of nitrogens with one attached hydrogen (secondary N) is 2. The van der Waals surface area contributed by atoms with Crippen molar-refractivity contribution in [1.82, 2.24) is 25.9 Å². The molecule has 2 heterocycles. The Morgan fingerprint density at radius 2 is 1.97 bits per heavy atom. The molecule has 2 N–H and O–H groups in total. The maximum Gasteiger partial charge on any atom is 0.344 e. The monoisotopic (exact) mass is 445 g/mol. The lowest BCUT2D eigenvalue weighted by Crippen LogP contribution is -2.51. The summed E-state index contributed by atoms with van der Waals surface area (Å²) in [4.78, 5) is 37.2. The van der Waals surface area contributed by atoms with Crippen molar-refractivity contribution >= 4 is 29.6 Å². The maximum absolute atomic E-state index is 12.7. The highest BCUT2D eigenvalue weighted by Crippen LogP contribution is 2.33. The average molecular weight is 446 g/mol. The number of aromatic nitrogens is 2. The molecule has 2 aliphatic rings. The van der Waals surface area contributed by atoms with Crippen molar-refractivity contribution < 1.29 is 23.5 Å². The Bertz CT molecular complexity index is 971. The van der Waals surface area contributed by atoms with E-state index in [1.54, 1.807) is 7.11 Å². The number of hydrazine groups is 1. The minimum atomic E-state index is -0.876. The summed E-state index contributed by atoms with van der Waals surface area (Å²) in [6.07, 6.45) is 4.43. The molecule has 2 fully saturated rings. The topological polar surface area (TPSA) is 127 Å². The van der Waals surface area contributed by atoms with Gasteiger partial charge in [-0.1, -0.05) is 43.2 Å². The Morgan fingerprint density at radius 1 is 1.23 bits per heavy atom. The number of methoxy groups -OCH3 is 1. The van der Waals surface area contributed by atoms with E-state index in [4.69, 9.17) is 9.15 Å². The van der Waals surface area contributed by atoms with Gasteiger partial charge in [0.25, 0.3) is 11.1 Å². The molecule has 0 bridgehead atoms. The molecule has 4 rings (SSSR count). The first-order valence-corrected chi connectivity index (χ1v) is 11.0. The molecule has 0 unspecified atom stereocenters. The SMILES string of the molecule is COc1ccc(Cc2nnc(SCC(=O)NN3C(=O)NC4(CCCCC4)C3=O)o2)cc1. The Labute approximate surface area is 183 Å². The van der Waals surface area contributed by atoms with Crippen molar-refractivity contribution in [3.05, 3.63) is 35.7 Å². The van der Waals surface area contributed by atoms with Crippen molar-refractivity contribution in [3.63, 3.8) is 0 Å². The second kappa shape index (κ2) is 8.96. The van der Waals surface area contributed by atoms with E-state index >= 15 is 0 Å². The molecule has 1 aromatic carbocycles. The van der Waals surface area contributed by atoms with Gasteiger partial charge in [-0.05, 0) is 30.5 Å². The Balaban J connectivity index is 1.28. The quantitative estimate of drug-likeness (QED) is 0.490. The van der Waals surface area contributed by atoms with Crippen LogP contribution in [0.25, 0.3) is 0 Å². The van der Waals surface area contributed by atoms with Crippen LogP contribution in [-0.4, -0.2) is 51.5 Å². The van der Waals surface area contributed by atoms with Gasteiger partial charge in [0.05, 0.1) is 19.3 Å². The van der Waals surface area contributed by atoms with E-state index in [9.17, 15) is 14.4 Å². The van der Waals surface area contributed by atoms with Crippen LogP contribution in [0.3, 0.4) is 0 Å². The van der Waals surface area contributed by atoms with Gasteiger partial charge in [0.1, 0.15) is 11.3 Å². The van der Waals surface area contributed by atoms with Crippen molar-refractivity contribution in [2.75, 3.05) is 12.9 Å². The molecule has 4 amide bonds. The van der Waals surface area contributed by atoms with Crippen LogP contribution in [0.4, 0.5) is 4.79 Å². The summed E-state index contributed by atoms with van der Waals surface area (Å²) in [5, 5.41) is 11.7. The van der Waals surface area contributed by atoms with Gasteiger partial charge in [0.2, 0.25) is 11.8 Å². The number of carbonyl (C=O) groups is 3. The first kappa shape index (κ1) is 21.2. The number of hydrogen-bond acceptors (Lipinski definition) is 8. The lowest BCUT2D eigenvalue weighted by molar-refractivity contribution is -0.139. The lowest BCUT2D eigenvalue weighted by Gasteiger charge is -2.30. The van der Waals surface area contributed by atoms with Gasteiger partial charge in [-0.15, -0.1) is 10.2 Å². The van der Waals surface area contributed by atoms with Crippen molar-refractivity contribution in [3.8, 4) is 5.75 Å². The Morgan fingerprint density at radius 3 is 2.68 bits per heavy atom. The van der Waals surface area contributed by atoms with Gasteiger partial charge >= 0.3 is 6.03 Å². The van der Waals surface area contributed by atoms with Crippen LogP contribution in [0.2, 0.25) is 0 Å². The molecule has 164 valence electrons.